The molecule has 8 heteroatoms. The van der Waals surface area contributed by atoms with Crippen LogP contribution in [0.3, 0.4) is 0 Å². The van der Waals surface area contributed by atoms with E-state index in [1.54, 1.807) is 0 Å². The number of nitrogens with one attached hydrogen (secondary N) is 3. The van der Waals surface area contributed by atoms with Crippen LogP contribution in [-0.2, 0) is 22.3 Å². The van der Waals surface area contributed by atoms with Crippen molar-refractivity contribution in [3.05, 3.63) is 65.2 Å². The number of benzene rings is 2. The van der Waals surface area contributed by atoms with Crippen molar-refractivity contribution in [1.82, 2.24) is 15.4 Å². The van der Waals surface area contributed by atoms with Gasteiger partial charge in [-0.1, -0.05) is 36.4 Å². The molecule has 0 spiro atoms. The van der Waals surface area contributed by atoms with Gasteiger partial charge < -0.3 is 15.5 Å². The number of sulfonamides is 1. The predicted molar refractivity (Wildman–Crippen MR) is 130 cm³/mol. The van der Waals surface area contributed by atoms with Crippen LogP contribution in [0.1, 0.15) is 30.5 Å². The van der Waals surface area contributed by atoms with Crippen molar-refractivity contribution in [2.24, 2.45) is 4.99 Å². The first kappa shape index (κ1) is 24.7. The molecule has 0 atom stereocenters. The normalized spacial score (nSPS) is 11.9. The van der Waals surface area contributed by atoms with E-state index in [0.717, 1.165) is 43.3 Å². The molecule has 0 saturated heterocycles. The van der Waals surface area contributed by atoms with Gasteiger partial charge in [-0.05, 0) is 56.6 Å². The smallest absolute Gasteiger partial charge is 0.215 e. The van der Waals surface area contributed by atoms with Crippen LogP contribution in [-0.4, -0.2) is 47.6 Å². The Morgan fingerprint density at radius 1 is 1.03 bits per heavy atom. The van der Waals surface area contributed by atoms with E-state index in [1.165, 1.54) is 18.3 Å². The van der Waals surface area contributed by atoms with Crippen LogP contribution in [0.15, 0.2) is 53.5 Å². The predicted octanol–water partition coefficient (Wildman–Crippen LogP) is 2.63. The summed E-state index contributed by atoms with van der Waals surface area (Å²) in [5.41, 5.74) is 4.19. The minimum atomic E-state index is -3.29. The first-order chi connectivity index (χ1) is 14.9. The third-order valence-corrected chi connectivity index (χ3v) is 6.18. The van der Waals surface area contributed by atoms with Gasteiger partial charge in [0.1, 0.15) is 0 Å². The molecule has 0 radical (unpaired) electrons. The van der Waals surface area contributed by atoms with Crippen molar-refractivity contribution >= 4 is 21.7 Å². The van der Waals surface area contributed by atoms with Gasteiger partial charge in [-0.2, -0.15) is 0 Å². The molecule has 0 saturated carbocycles. The lowest BCUT2D eigenvalue weighted by molar-refractivity contribution is 0.587. The molecule has 0 fully saturated rings. The third kappa shape index (κ3) is 8.59. The van der Waals surface area contributed by atoms with E-state index in [9.17, 15) is 8.42 Å². The highest BCUT2D eigenvalue weighted by atomic mass is 32.2. The van der Waals surface area contributed by atoms with Crippen LogP contribution < -0.4 is 20.3 Å². The molecule has 2 aromatic rings. The van der Waals surface area contributed by atoms with Gasteiger partial charge in [0.05, 0.1) is 12.3 Å². The summed E-state index contributed by atoms with van der Waals surface area (Å²) in [6.45, 7) is 10.1. The molecule has 2 rings (SSSR count). The van der Waals surface area contributed by atoms with Crippen molar-refractivity contribution in [2.75, 3.05) is 38.1 Å². The Balaban J connectivity index is 1.97. The van der Waals surface area contributed by atoms with Gasteiger partial charge in [0.15, 0.2) is 5.96 Å². The van der Waals surface area contributed by atoms with E-state index in [2.05, 4.69) is 63.4 Å². The van der Waals surface area contributed by atoms with E-state index in [4.69, 9.17) is 0 Å². The number of nitrogens with zero attached hydrogens (tertiary/aromatic N) is 2. The number of rotatable bonds is 11. The lowest BCUT2D eigenvalue weighted by Crippen LogP contribution is -2.41. The van der Waals surface area contributed by atoms with E-state index in [0.29, 0.717) is 6.54 Å². The number of likely N-dealkylation sites (N-methyl/N-ethyl adjacent to an activating group) is 1. The summed E-state index contributed by atoms with van der Waals surface area (Å²) in [4.78, 5) is 6.99. The van der Waals surface area contributed by atoms with Crippen LogP contribution in [0.2, 0.25) is 0 Å². The molecule has 0 aliphatic rings. The standard InChI is InChI=1S/C23H35N5O2S/c1-5-25-23(26-13-14-28(6-2)22-12-7-9-19(3)15-22)27-17-20-10-8-11-21(16-20)18-31(29,30)24-4/h7-12,15-16,24H,5-6,13-14,17-18H2,1-4H3,(H2,25,26,27). The Bertz CT molecular complexity index is 960. The first-order valence-electron chi connectivity index (χ1n) is 10.7. The number of guanidine groups is 1. The topological polar surface area (TPSA) is 85.8 Å². The van der Waals surface area contributed by atoms with E-state index >= 15 is 0 Å². The zero-order valence-corrected chi connectivity index (χ0v) is 19.8. The van der Waals surface area contributed by atoms with E-state index in [-0.39, 0.29) is 5.75 Å². The summed E-state index contributed by atoms with van der Waals surface area (Å²) in [6, 6.07) is 16.1. The van der Waals surface area contributed by atoms with Gasteiger partial charge >= 0.3 is 0 Å². The second kappa shape index (κ2) is 12.3. The fourth-order valence-electron chi connectivity index (χ4n) is 3.23. The fourth-order valence-corrected chi connectivity index (χ4v) is 3.99. The minimum absolute atomic E-state index is 0.0365. The molecule has 0 aromatic heterocycles. The summed E-state index contributed by atoms with van der Waals surface area (Å²) in [5, 5.41) is 6.66. The summed E-state index contributed by atoms with van der Waals surface area (Å²) in [7, 11) is -1.87. The van der Waals surface area contributed by atoms with Gasteiger partial charge in [0.25, 0.3) is 0 Å². The van der Waals surface area contributed by atoms with Gasteiger partial charge in [0.2, 0.25) is 10.0 Å². The largest absolute Gasteiger partial charge is 0.370 e. The molecule has 0 heterocycles. The average Bonchev–Trinajstić information content (AvgIpc) is 2.75. The maximum atomic E-state index is 11.8. The Morgan fingerprint density at radius 3 is 2.45 bits per heavy atom. The van der Waals surface area contributed by atoms with Crippen LogP contribution >= 0.6 is 0 Å². The maximum Gasteiger partial charge on any atom is 0.215 e. The molecule has 2 aromatic carbocycles. The molecule has 0 amide bonds. The highest BCUT2D eigenvalue weighted by Gasteiger charge is 2.09. The van der Waals surface area contributed by atoms with Crippen molar-refractivity contribution in [1.29, 1.82) is 0 Å². The molecule has 0 unspecified atom stereocenters. The van der Waals surface area contributed by atoms with Gasteiger partial charge in [-0.3, -0.25) is 0 Å². The fraction of sp³-hybridized carbons (Fsp3) is 0.435. The van der Waals surface area contributed by atoms with Crippen LogP contribution in [0.4, 0.5) is 5.69 Å². The first-order valence-corrected chi connectivity index (χ1v) is 12.3. The van der Waals surface area contributed by atoms with E-state index in [1.807, 2.05) is 31.2 Å². The minimum Gasteiger partial charge on any atom is -0.370 e. The number of anilines is 1. The van der Waals surface area contributed by atoms with Gasteiger partial charge in [-0.15, -0.1) is 0 Å². The molecule has 0 bridgehead atoms. The SMILES string of the molecule is CCNC(=NCc1cccc(CS(=O)(=O)NC)c1)NCCN(CC)c1cccc(C)c1. The maximum absolute atomic E-state index is 11.8. The molecular formula is C23H35N5O2S. The Morgan fingerprint density at radius 2 is 1.77 bits per heavy atom. The van der Waals surface area contributed by atoms with Gasteiger partial charge in [0, 0.05) is 31.9 Å². The van der Waals surface area contributed by atoms with E-state index < -0.39 is 10.0 Å². The molecule has 3 N–H and O–H groups in total. The molecule has 0 aliphatic heterocycles. The number of hydrogen-bond donors (Lipinski definition) is 3. The monoisotopic (exact) mass is 445 g/mol. The lowest BCUT2D eigenvalue weighted by atomic mass is 10.1. The highest BCUT2D eigenvalue weighted by molar-refractivity contribution is 7.88. The van der Waals surface area contributed by atoms with Crippen LogP contribution in [0.25, 0.3) is 0 Å². The third-order valence-electron chi connectivity index (χ3n) is 4.85. The second-order valence-electron chi connectivity index (χ2n) is 7.32. The number of aliphatic imine (C=N–C) groups is 1. The second-order valence-corrected chi connectivity index (χ2v) is 9.25. The summed E-state index contributed by atoms with van der Waals surface area (Å²) in [6.07, 6.45) is 0. The molecule has 170 valence electrons. The zero-order valence-electron chi connectivity index (χ0n) is 19.0. The lowest BCUT2D eigenvalue weighted by Gasteiger charge is -2.24. The number of hydrogen-bond acceptors (Lipinski definition) is 4. The van der Waals surface area contributed by atoms with Crippen molar-refractivity contribution < 1.29 is 8.42 Å². The molecule has 7 nitrogen and oxygen atoms in total. The summed E-state index contributed by atoms with van der Waals surface area (Å²) >= 11 is 0. The quantitative estimate of drug-likeness (QED) is 0.366. The molecule has 0 aliphatic carbocycles. The molecule has 31 heavy (non-hydrogen) atoms. The van der Waals surface area contributed by atoms with Crippen LogP contribution in [0.5, 0.6) is 0 Å². The van der Waals surface area contributed by atoms with Crippen molar-refractivity contribution in [3.8, 4) is 0 Å². The summed E-state index contributed by atoms with van der Waals surface area (Å²) in [5.74, 6) is 0.710. The van der Waals surface area contributed by atoms with Crippen molar-refractivity contribution in [3.63, 3.8) is 0 Å². The summed E-state index contributed by atoms with van der Waals surface area (Å²) < 4.78 is 25.9. The zero-order chi connectivity index (χ0) is 22.7. The Hall–Kier alpha value is -2.58. The Kier molecular flexibility index (Phi) is 9.81. The van der Waals surface area contributed by atoms with Gasteiger partial charge in [-0.25, -0.2) is 18.1 Å². The van der Waals surface area contributed by atoms with Crippen molar-refractivity contribution in [2.45, 2.75) is 33.1 Å². The average molecular weight is 446 g/mol. The Labute approximate surface area is 187 Å². The number of aryl methyl sites for hydroxylation is 1. The highest BCUT2D eigenvalue weighted by Crippen LogP contribution is 2.15. The van der Waals surface area contributed by atoms with Crippen LogP contribution in [0, 0.1) is 6.92 Å². The molecular weight excluding hydrogens is 410 g/mol.